The maximum Gasteiger partial charge on any atom is 0.138 e. The number of pyridine rings is 1. The van der Waals surface area contributed by atoms with Crippen LogP contribution in [0.2, 0.25) is 0 Å². The third-order valence-corrected chi connectivity index (χ3v) is 6.65. The lowest BCUT2D eigenvalue weighted by molar-refractivity contribution is 0.158. The molecule has 3 aromatic rings. The van der Waals surface area contributed by atoms with E-state index >= 15 is 0 Å². The molecule has 0 spiro atoms. The molecule has 0 unspecified atom stereocenters. The van der Waals surface area contributed by atoms with Crippen LogP contribution in [0.25, 0.3) is 20.5 Å². The number of hydrogen-bond donors (Lipinski definition) is 0. The van der Waals surface area contributed by atoms with Crippen molar-refractivity contribution in [2.45, 2.75) is 20.3 Å². The molecule has 0 saturated heterocycles. The normalized spacial score (nSPS) is 15.3. The van der Waals surface area contributed by atoms with Gasteiger partial charge in [0.1, 0.15) is 33.0 Å². The summed E-state index contributed by atoms with van der Waals surface area (Å²) >= 11 is 3.35. The molecule has 3 aromatic heterocycles. The molecule has 4 heterocycles. The Labute approximate surface area is 160 Å². The van der Waals surface area contributed by atoms with Crippen molar-refractivity contribution in [2.24, 2.45) is 5.16 Å². The smallest absolute Gasteiger partial charge is 0.138 e. The quantitative estimate of drug-likeness (QED) is 0.629. The zero-order chi connectivity index (χ0) is 18.1. The van der Waals surface area contributed by atoms with Gasteiger partial charge < -0.3 is 9.74 Å². The summed E-state index contributed by atoms with van der Waals surface area (Å²) in [5, 5.41) is 7.36. The number of aromatic nitrogens is 3. The third kappa shape index (κ3) is 3.10. The fourth-order valence-corrected chi connectivity index (χ4v) is 5.05. The molecule has 134 valence electrons. The standard InChI is InChI=1S/C18H19N5OS2/c1-4-24-22-13-7-9-23(3)18-14(13)21-17(26-18)15-11(2)20-16(25-15)12-6-5-8-19-10-12/h5-6,8,10H,4,7,9H2,1-3H3/b22-13+. The van der Waals surface area contributed by atoms with E-state index in [1.54, 1.807) is 28.9 Å². The molecule has 26 heavy (non-hydrogen) atoms. The van der Waals surface area contributed by atoms with Crippen LogP contribution in [0.15, 0.2) is 29.7 Å². The fraction of sp³-hybridized carbons (Fsp3) is 0.333. The van der Waals surface area contributed by atoms with E-state index in [-0.39, 0.29) is 0 Å². The average molecular weight is 386 g/mol. The summed E-state index contributed by atoms with van der Waals surface area (Å²) < 4.78 is 0. The summed E-state index contributed by atoms with van der Waals surface area (Å²) in [6.07, 6.45) is 4.46. The summed E-state index contributed by atoms with van der Waals surface area (Å²) in [4.78, 5) is 22.4. The number of rotatable bonds is 4. The molecule has 0 bridgehead atoms. The maximum absolute atomic E-state index is 5.28. The van der Waals surface area contributed by atoms with Gasteiger partial charge in [-0.2, -0.15) is 0 Å². The molecule has 0 N–H and O–H groups in total. The highest BCUT2D eigenvalue weighted by Gasteiger charge is 2.27. The van der Waals surface area contributed by atoms with Crippen molar-refractivity contribution in [1.29, 1.82) is 0 Å². The van der Waals surface area contributed by atoms with Gasteiger partial charge in [-0.15, -0.1) is 11.3 Å². The van der Waals surface area contributed by atoms with E-state index in [0.717, 1.165) is 55.5 Å². The molecule has 0 amide bonds. The first-order valence-corrected chi connectivity index (χ1v) is 10.1. The fourth-order valence-electron chi connectivity index (χ4n) is 2.79. The van der Waals surface area contributed by atoms with Gasteiger partial charge in [0.15, 0.2) is 0 Å². The van der Waals surface area contributed by atoms with Gasteiger partial charge in [0.25, 0.3) is 0 Å². The number of oxime groups is 1. The van der Waals surface area contributed by atoms with Crippen LogP contribution < -0.4 is 4.90 Å². The Morgan fingerprint density at radius 2 is 2.15 bits per heavy atom. The summed E-state index contributed by atoms with van der Waals surface area (Å²) in [5.74, 6) is 0. The van der Waals surface area contributed by atoms with Crippen molar-refractivity contribution < 1.29 is 4.84 Å². The Hall–Kier alpha value is -2.32. The van der Waals surface area contributed by atoms with Gasteiger partial charge in [-0.1, -0.05) is 16.5 Å². The first-order valence-electron chi connectivity index (χ1n) is 8.46. The molecule has 0 saturated carbocycles. The van der Waals surface area contributed by atoms with Gasteiger partial charge in [-0.05, 0) is 26.0 Å². The van der Waals surface area contributed by atoms with Crippen LogP contribution in [-0.2, 0) is 4.84 Å². The zero-order valence-electron chi connectivity index (χ0n) is 14.9. The Morgan fingerprint density at radius 3 is 2.92 bits per heavy atom. The van der Waals surface area contributed by atoms with Crippen molar-refractivity contribution in [2.75, 3.05) is 25.1 Å². The van der Waals surface area contributed by atoms with E-state index in [1.165, 1.54) is 0 Å². The Bertz CT molecular complexity index is 948. The van der Waals surface area contributed by atoms with Gasteiger partial charge in [-0.25, -0.2) is 9.97 Å². The molecule has 8 heteroatoms. The van der Waals surface area contributed by atoms with Crippen molar-refractivity contribution in [1.82, 2.24) is 15.0 Å². The highest BCUT2D eigenvalue weighted by Crippen LogP contribution is 2.42. The Balaban J connectivity index is 1.75. The second-order valence-electron chi connectivity index (χ2n) is 5.98. The van der Waals surface area contributed by atoms with E-state index in [0.29, 0.717) is 6.61 Å². The summed E-state index contributed by atoms with van der Waals surface area (Å²) in [5.41, 5.74) is 3.88. The largest absolute Gasteiger partial charge is 0.396 e. The number of fused-ring (bicyclic) bond motifs is 1. The second-order valence-corrected chi connectivity index (χ2v) is 7.95. The molecule has 0 fully saturated rings. The van der Waals surface area contributed by atoms with Crippen molar-refractivity contribution >= 4 is 33.4 Å². The van der Waals surface area contributed by atoms with Crippen molar-refractivity contribution in [3.8, 4) is 20.5 Å². The number of anilines is 1. The van der Waals surface area contributed by atoms with E-state index in [2.05, 4.69) is 22.1 Å². The first kappa shape index (κ1) is 17.1. The summed E-state index contributed by atoms with van der Waals surface area (Å²) in [6.45, 7) is 5.45. The molecule has 4 rings (SSSR count). The highest BCUT2D eigenvalue weighted by atomic mass is 32.1. The first-order chi connectivity index (χ1) is 12.7. The van der Waals surface area contributed by atoms with Gasteiger partial charge in [0.2, 0.25) is 0 Å². The van der Waals surface area contributed by atoms with Crippen LogP contribution in [0, 0.1) is 6.92 Å². The predicted molar refractivity (Wildman–Crippen MR) is 107 cm³/mol. The van der Waals surface area contributed by atoms with E-state index in [4.69, 9.17) is 14.8 Å². The number of nitrogens with zero attached hydrogens (tertiary/aromatic N) is 5. The minimum Gasteiger partial charge on any atom is -0.396 e. The van der Waals surface area contributed by atoms with Crippen LogP contribution in [0.5, 0.6) is 0 Å². The number of hydrogen-bond acceptors (Lipinski definition) is 8. The monoisotopic (exact) mass is 385 g/mol. The average Bonchev–Trinajstić information content (AvgIpc) is 3.26. The van der Waals surface area contributed by atoms with Crippen LogP contribution in [0.4, 0.5) is 5.00 Å². The minimum absolute atomic E-state index is 0.564. The Kier molecular flexibility index (Phi) is 4.69. The molecule has 0 radical (unpaired) electrons. The molecule has 0 atom stereocenters. The predicted octanol–water partition coefficient (Wildman–Crippen LogP) is 4.22. The van der Waals surface area contributed by atoms with Crippen molar-refractivity contribution in [3.63, 3.8) is 0 Å². The second kappa shape index (κ2) is 7.13. The zero-order valence-corrected chi connectivity index (χ0v) is 16.5. The third-order valence-electron chi connectivity index (χ3n) is 4.12. The van der Waals surface area contributed by atoms with Crippen LogP contribution >= 0.6 is 22.7 Å². The molecule has 1 aliphatic heterocycles. The van der Waals surface area contributed by atoms with E-state index < -0.39 is 0 Å². The lowest BCUT2D eigenvalue weighted by Crippen LogP contribution is -2.27. The van der Waals surface area contributed by atoms with Gasteiger partial charge >= 0.3 is 0 Å². The molecule has 0 aromatic carbocycles. The molecule has 0 aliphatic carbocycles. The van der Waals surface area contributed by atoms with Crippen LogP contribution in [-0.4, -0.2) is 40.9 Å². The van der Waals surface area contributed by atoms with Crippen molar-refractivity contribution in [3.05, 3.63) is 35.9 Å². The maximum atomic E-state index is 5.28. The number of thiazole rings is 2. The molecular weight excluding hydrogens is 366 g/mol. The summed E-state index contributed by atoms with van der Waals surface area (Å²) in [6, 6.07) is 3.96. The lowest BCUT2D eigenvalue weighted by atomic mass is 10.1. The van der Waals surface area contributed by atoms with Gasteiger partial charge in [-0.3, -0.25) is 4.98 Å². The number of aryl methyl sites for hydroxylation is 1. The summed E-state index contributed by atoms with van der Waals surface area (Å²) in [7, 11) is 2.10. The van der Waals surface area contributed by atoms with Gasteiger partial charge in [0.05, 0.1) is 10.6 Å². The minimum atomic E-state index is 0.564. The van der Waals surface area contributed by atoms with E-state index in [9.17, 15) is 0 Å². The highest BCUT2D eigenvalue weighted by molar-refractivity contribution is 7.25. The van der Waals surface area contributed by atoms with Crippen LogP contribution in [0.1, 0.15) is 24.7 Å². The molecule has 1 aliphatic rings. The SMILES string of the molecule is CCO/N=C1\CCN(C)c2sc(-c3sc(-c4cccnc4)nc3C)nc21. The van der Waals surface area contributed by atoms with E-state index in [1.807, 2.05) is 32.2 Å². The lowest BCUT2D eigenvalue weighted by Gasteiger charge is -2.23. The van der Waals surface area contributed by atoms with Gasteiger partial charge in [0, 0.05) is 38.0 Å². The molecular formula is C18H19N5OS2. The molecule has 6 nitrogen and oxygen atoms in total. The Morgan fingerprint density at radius 1 is 1.27 bits per heavy atom. The topological polar surface area (TPSA) is 63.5 Å². The van der Waals surface area contributed by atoms with Crippen LogP contribution in [0.3, 0.4) is 0 Å².